The number of nitrogen functional groups attached to an aromatic ring is 1. The lowest BCUT2D eigenvalue weighted by molar-refractivity contribution is -0.0949. The maximum Gasteiger partial charge on any atom is 0.469 e. The monoisotopic (exact) mass is 430 g/mol. The second-order valence-electron chi connectivity index (χ2n) is 7.56. The molecule has 6 N–H and O–H groups in total. The van der Waals surface area contributed by atoms with Gasteiger partial charge >= 0.3 is 7.82 Å². The number of aliphatic hydroxyl groups excluding tert-OH is 1. The maximum atomic E-state index is 11.0. The van der Waals surface area contributed by atoms with Gasteiger partial charge in [-0.1, -0.05) is 0 Å². The number of anilines is 2. The van der Waals surface area contributed by atoms with Crippen LogP contribution in [0.25, 0.3) is 11.2 Å². The van der Waals surface area contributed by atoms with Crippen LogP contribution in [-0.2, 0) is 13.8 Å². The van der Waals surface area contributed by atoms with Crippen molar-refractivity contribution in [2.24, 2.45) is 0 Å². The first-order valence-electron chi connectivity index (χ1n) is 8.98. The van der Waals surface area contributed by atoms with E-state index >= 15 is 0 Å². The van der Waals surface area contributed by atoms with Crippen LogP contribution in [0.2, 0.25) is 0 Å². The van der Waals surface area contributed by atoms with E-state index in [1.165, 1.54) is 17.8 Å². The van der Waals surface area contributed by atoms with Gasteiger partial charge in [0.2, 0.25) is 5.95 Å². The molecular weight excluding hydrogens is 407 g/mol. The van der Waals surface area contributed by atoms with E-state index in [4.69, 9.17) is 20.3 Å². The van der Waals surface area contributed by atoms with Crippen molar-refractivity contribution in [3.8, 4) is 0 Å². The third kappa shape index (κ3) is 3.70. The van der Waals surface area contributed by atoms with Gasteiger partial charge in [0.1, 0.15) is 17.8 Å². The van der Waals surface area contributed by atoms with Crippen LogP contribution in [-0.4, -0.2) is 77.0 Å². The Morgan fingerprint density at radius 1 is 1.45 bits per heavy atom. The highest BCUT2D eigenvalue weighted by atomic mass is 31.2. The second-order valence-corrected chi connectivity index (χ2v) is 8.79. The Bertz CT molecular complexity index is 973. The maximum absolute atomic E-state index is 11.0. The summed E-state index contributed by atoms with van der Waals surface area (Å²) in [6, 6.07) is 0.347. The average Bonchev–Trinajstić information content (AvgIpc) is 3.35. The first kappa shape index (κ1) is 20.4. The van der Waals surface area contributed by atoms with Gasteiger partial charge in [-0.3, -0.25) is 9.09 Å². The average molecular weight is 430 g/mol. The van der Waals surface area contributed by atoms with Gasteiger partial charge in [0, 0.05) is 13.1 Å². The summed E-state index contributed by atoms with van der Waals surface area (Å²) in [5.41, 5.74) is 4.81. The van der Waals surface area contributed by atoms with Crippen LogP contribution in [0.15, 0.2) is 6.33 Å². The number of nitrogens with zero attached hydrogens (tertiary/aromatic N) is 5. The normalized spacial score (nSPS) is 30.2. The van der Waals surface area contributed by atoms with Crippen LogP contribution in [0.5, 0.6) is 0 Å². The molecule has 2 aliphatic rings. The van der Waals surface area contributed by atoms with Crippen molar-refractivity contribution < 1.29 is 33.8 Å². The van der Waals surface area contributed by atoms with Gasteiger partial charge in [-0.05, 0) is 19.8 Å². The van der Waals surface area contributed by atoms with Crippen LogP contribution < -0.4 is 10.6 Å². The first-order valence-corrected chi connectivity index (χ1v) is 10.5. The van der Waals surface area contributed by atoms with E-state index in [0.29, 0.717) is 23.0 Å². The molecule has 0 radical (unpaired) electrons. The Labute approximate surface area is 165 Å². The number of aliphatic hydroxyl groups is 2. The van der Waals surface area contributed by atoms with E-state index in [0.717, 1.165) is 12.8 Å². The molecule has 14 heteroatoms. The molecule has 2 aromatic rings. The smallest absolute Gasteiger partial charge is 0.387 e. The van der Waals surface area contributed by atoms with E-state index in [-0.39, 0.29) is 5.95 Å². The number of hydrogen-bond donors (Lipinski definition) is 5. The number of ether oxygens (including phenoxy) is 1. The Morgan fingerprint density at radius 2 is 2.14 bits per heavy atom. The molecule has 2 fully saturated rings. The van der Waals surface area contributed by atoms with Gasteiger partial charge in [-0.15, -0.1) is 0 Å². The van der Waals surface area contributed by atoms with Crippen molar-refractivity contribution in [3.63, 3.8) is 0 Å². The summed E-state index contributed by atoms with van der Waals surface area (Å²) in [6.45, 7) is 0.727. The molecule has 0 unspecified atom stereocenters. The zero-order valence-corrected chi connectivity index (χ0v) is 16.7. The van der Waals surface area contributed by atoms with Crippen molar-refractivity contribution in [1.82, 2.24) is 19.5 Å². The zero-order valence-electron chi connectivity index (χ0n) is 15.8. The van der Waals surface area contributed by atoms with Crippen LogP contribution in [0.1, 0.15) is 26.0 Å². The van der Waals surface area contributed by atoms with Gasteiger partial charge in [0.15, 0.2) is 23.2 Å². The minimum atomic E-state index is -4.77. The molecule has 3 heterocycles. The third-order valence-electron chi connectivity index (χ3n) is 5.26. The second kappa shape index (κ2) is 6.84. The van der Waals surface area contributed by atoms with Gasteiger partial charge in [0.05, 0.1) is 12.9 Å². The van der Waals surface area contributed by atoms with Crippen LogP contribution >= 0.6 is 7.82 Å². The molecule has 0 spiro atoms. The third-order valence-corrected chi connectivity index (χ3v) is 5.75. The summed E-state index contributed by atoms with van der Waals surface area (Å²) >= 11 is 0. The molecule has 1 aliphatic heterocycles. The zero-order chi connectivity index (χ0) is 21.1. The Hall–Kier alpha value is -1.86. The predicted molar refractivity (Wildman–Crippen MR) is 99.7 cm³/mol. The van der Waals surface area contributed by atoms with Crippen molar-refractivity contribution in [1.29, 1.82) is 0 Å². The minimum Gasteiger partial charge on any atom is -0.387 e. The lowest BCUT2D eigenvalue weighted by Gasteiger charge is -2.27. The molecule has 1 saturated carbocycles. The topological polar surface area (TPSA) is 189 Å². The number of aromatic nitrogens is 4. The lowest BCUT2D eigenvalue weighted by atomic mass is 9.96. The molecule has 0 bridgehead atoms. The van der Waals surface area contributed by atoms with Crippen LogP contribution in [0.4, 0.5) is 11.8 Å². The largest absolute Gasteiger partial charge is 0.469 e. The number of phosphoric ester groups is 1. The minimum absolute atomic E-state index is 0.0151. The summed E-state index contributed by atoms with van der Waals surface area (Å²) in [6.07, 6.45) is -0.355. The quantitative estimate of drug-likeness (QED) is 0.357. The fourth-order valence-electron chi connectivity index (χ4n) is 3.52. The number of fused-ring (bicyclic) bond motifs is 1. The highest BCUT2D eigenvalue weighted by molar-refractivity contribution is 7.46. The van der Waals surface area contributed by atoms with E-state index < -0.39 is 38.5 Å². The van der Waals surface area contributed by atoms with Crippen LogP contribution in [0.3, 0.4) is 0 Å². The molecule has 1 aliphatic carbocycles. The summed E-state index contributed by atoms with van der Waals surface area (Å²) in [5, 5.41) is 21.3. The van der Waals surface area contributed by atoms with Gasteiger partial charge in [0.25, 0.3) is 0 Å². The standard InChI is InChI=1S/C15H23N6O7P/c1-15(23)10(22)8(5-27-29(24,25)26)28-13(15)21-6-17-9-11(20(2)7-3-4-7)18-14(16)19-12(9)21/h6-8,10,13,22-23H,3-5H2,1-2H3,(H2,16,18,19)(H2,24,25,26)/t8-,10-,13-,15-/m1/s1. The SMILES string of the molecule is CN(c1nc(N)nc2c1ncn2[C@@H]1O[C@H](COP(=O)(O)O)[C@@H](O)[C@@]1(C)O)C1CC1. The molecular formula is C15H23N6O7P. The lowest BCUT2D eigenvalue weighted by Crippen LogP contribution is -2.44. The summed E-state index contributed by atoms with van der Waals surface area (Å²) in [5.74, 6) is 0.564. The molecule has 0 amide bonds. The highest BCUT2D eigenvalue weighted by Gasteiger charge is 2.54. The highest BCUT2D eigenvalue weighted by Crippen LogP contribution is 2.43. The Kier molecular flexibility index (Phi) is 4.82. The van der Waals surface area contributed by atoms with Gasteiger partial charge < -0.3 is 35.4 Å². The van der Waals surface area contributed by atoms with Crippen molar-refractivity contribution in [3.05, 3.63) is 6.33 Å². The van der Waals surface area contributed by atoms with Crippen molar-refractivity contribution in [2.75, 3.05) is 24.3 Å². The molecule has 4 rings (SSSR count). The molecule has 13 nitrogen and oxygen atoms in total. The number of hydrogen-bond acceptors (Lipinski definition) is 10. The summed E-state index contributed by atoms with van der Waals surface area (Å²) < 4.78 is 22.5. The molecule has 160 valence electrons. The van der Waals surface area contributed by atoms with Crippen molar-refractivity contribution >= 4 is 30.8 Å². The number of phosphoric acid groups is 1. The van der Waals surface area contributed by atoms with Gasteiger partial charge in [-0.2, -0.15) is 9.97 Å². The Morgan fingerprint density at radius 3 is 2.76 bits per heavy atom. The number of rotatable bonds is 6. The summed E-state index contributed by atoms with van der Waals surface area (Å²) in [4.78, 5) is 32.6. The fourth-order valence-corrected chi connectivity index (χ4v) is 3.86. The van der Waals surface area contributed by atoms with Crippen LogP contribution in [0, 0.1) is 0 Å². The van der Waals surface area contributed by atoms with E-state index in [9.17, 15) is 14.8 Å². The molecule has 2 aromatic heterocycles. The van der Waals surface area contributed by atoms with Crippen molar-refractivity contribution in [2.45, 2.75) is 49.8 Å². The molecule has 4 atom stereocenters. The number of imidazole rings is 1. The van der Waals surface area contributed by atoms with E-state index in [1.807, 2.05) is 11.9 Å². The molecule has 0 aromatic carbocycles. The summed E-state index contributed by atoms with van der Waals surface area (Å²) in [7, 11) is -2.88. The molecule has 1 saturated heterocycles. The van der Waals surface area contributed by atoms with Gasteiger partial charge in [-0.25, -0.2) is 9.55 Å². The number of nitrogens with two attached hydrogens (primary N) is 1. The fraction of sp³-hybridized carbons (Fsp3) is 0.667. The predicted octanol–water partition coefficient (Wildman–Crippen LogP) is -0.874. The molecule has 29 heavy (non-hydrogen) atoms. The first-order chi connectivity index (χ1) is 13.5. The van der Waals surface area contributed by atoms with E-state index in [2.05, 4.69) is 19.5 Å². The Balaban J connectivity index is 1.69. The van der Waals surface area contributed by atoms with E-state index in [1.54, 1.807) is 0 Å².